The Balaban J connectivity index is 1.22. The van der Waals surface area contributed by atoms with Gasteiger partial charge in [-0.25, -0.2) is 4.39 Å². The molecule has 3 atom stereocenters. The summed E-state index contributed by atoms with van der Waals surface area (Å²) in [6.45, 7) is 0.448. The summed E-state index contributed by atoms with van der Waals surface area (Å²) in [4.78, 5) is 29.4. The lowest BCUT2D eigenvalue weighted by Crippen LogP contribution is -2.45. The van der Waals surface area contributed by atoms with Crippen LogP contribution in [0.3, 0.4) is 0 Å². The van der Waals surface area contributed by atoms with Crippen LogP contribution in [0.1, 0.15) is 56.4 Å². The molecule has 2 aliphatic rings. The molecule has 3 unspecified atom stereocenters. The fourth-order valence-corrected chi connectivity index (χ4v) is 5.39. The SMILES string of the molecule is NC(CNC(=O)C1CCCC1c1ccc(F)cc1)[C@H]1CC[C@H](C(=O)Nc2ccncc2)CC1. The van der Waals surface area contributed by atoms with E-state index in [2.05, 4.69) is 15.6 Å². The zero-order valence-corrected chi connectivity index (χ0v) is 18.9. The lowest BCUT2D eigenvalue weighted by Gasteiger charge is -2.32. The Labute approximate surface area is 194 Å². The molecule has 0 bridgehead atoms. The third-order valence-electron chi connectivity index (χ3n) is 7.36. The van der Waals surface area contributed by atoms with Gasteiger partial charge in [0, 0.05) is 42.5 Å². The number of nitrogens with zero attached hydrogens (tertiary/aromatic N) is 1. The molecule has 1 aromatic heterocycles. The number of hydrogen-bond acceptors (Lipinski definition) is 4. The van der Waals surface area contributed by atoms with Crippen molar-refractivity contribution in [1.82, 2.24) is 10.3 Å². The standard InChI is InChI=1S/C26H33FN4O2/c27-20-10-8-17(9-11-20)22-2-1-3-23(22)26(33)30-16-24(28)18-4-6-19(7-5-18)25(32)31-21-12-14-29-15-13-21/h8-15,18-19,22-24H,1-7,16,28H2,(H,30,33)(H,29,31,32)/t18-,19-,22?,23?,24?. The van der Waals surface area contributed by atoms with Crippen molar-refractivity contribution in [3.8, 4) is 0 Å². The Bertz CT molecular complexity index is 929. The minimum atomic E-state index is -0.256. The minimum absolute atomic E-state index is 0.00818. The summed E-state index contributed by atoms with van der Waals surface area (Å²) in [5.41, 5.74) is 8.23. The number of rotatable bonds is 7. The van der Waals surface area contributed by atoms with E-state index in [-0.39, 0.29) is 41.4 Å². The lowest BCUT2D eigenvalue weighted by molar-refractivity contribution is -0.125. The summed E-state index contributed by atoms with van der Waals surface area (Å²) < 4.78 is 13.3. The van der Waals surface area contributed by atoms with Crippen LogP contribution in [-0.4, -0.2) is 29.4 Å². The molecule has 0 aliphatic heterocycles. The van der Waals surface area contributed by atoms with Gasteiger partial charge in [0.15, 0.2) is 0 Å². The van der Waals surface area contributed by atoms with Crippen LogP contribution in [0.4, 0.5) is 10.1 Å². The number of anilines is 1. The summed E-state index contributed by atoms with van der Waals surface area (Å²) in [6, 6.07) is 9.96. The van der Waals surface area contributed by atoms with Crippen molar-refractivity contribution in [2.45, 2.75) is 56.9 Å². The van der Waals surface area contributed by atoms with Crippen molar-refractivity contribution in [3.63, 3.8) is 0 Å². The third kappa shape index (κ3) is 5.96. The normalized spacial score (nSPS) is 25.9. The van der Waals surface area contributed by atoms with E-state index in [1.165, 1.54) is 12.1 Å². The van der Waals surface area contributed by atoms with Crippen LogP contribution in [0.25, 0.3) is 0 Å². The molecule has 33 heavy (non-hydrogen) atoms. The maximum atomic E-state index is 13.3. The van der Waals surface area contributed by atoms with Gasteiger partial charge < -0.3 is 16.4 Å². The second kappa shape index (κ2) is 10.9. The van der Waals surface area contributed by atoms with Gasteiger partial charge in [-0.2, -0.15) is 0 Å². The monoisotopic (exact) mass is 452 g/mol. The molecule has 1 aromatic carbocycles. The number of amides is 2. The van der Waals surface area contributed by atoms with Crippen LogP contribution in [0, 0.1) is 23.6 Å². The summed E-state index contributed by atoms with van der Waals surface area (Å²) in [5, 5.41) is 6.04. The van der Waals surface area contributed by atoms with Crippen molar-refractivity contribution in [3.05, 3.63) is 60.2 Å². The number of pyridine rings is 1. The van der Waals surface area contributed by atoms with Gasteiger partial charge in [0.2, 0.25) is 11.8 Å². The van der Waals surface area contributed by atoms with Crippen LogP contribution in [-0.2, 0) is 9.59 Å². The van der Waals surface area contributed by atoms with Gasteiger partial charge in [-0.15, -0.1) is 0 Å². The number of aromatic nitrogens is 1. The predicted octanol–water partition coefficient (Wildman–Crippen LogP) is 3.99. The first-order valence-corrected chi connectivity index (χ1v) is 12.0. The Morgan fingerprint density at radius 2 is 1.67 bits per heavy atom. The molecule has 2 aromatic rings. The van der Waals surface area contributed by atoms with Gasteiger partial charge in [-0.05, 0) is 80.2 Å². The predicted molar refractivity (Wildman–Crippen MR) is 126 cm³/mol. The van der Waals surface area contributed by atoms with E-state index in [9.17, 15) is 14.0 Å². The highest BCUT2D eigenvalue weighted by Crippen LogP contribution is 2.40. The van der Waals surface area contributed by atoms with E-state index in [1.54, 1.807) is 36.7 Å². The van der Waals surface area contributed by atoms with Gasteiger partial charge in [0.1, 0.15) is 5.82 Å². The van der Waals surface area contributed by atoms with Crippen molar-refractivity contribution in [1.29, 1.82) is 0 Å². The molecule has 1 heterocycles. The third-order valence-corrected chi connectivity index (χ3v) is 7.36. The summed E-state index contributed by atoms with van der Waals surface area (Å²) >= 11 is 0. The fraction of sp³-hybridized carbons (Fsp3) is 0.500. The number of benzene rings is 1. The van der Waals surface area contributed by atoms with E-state index in [0.29, 0.717) is 12.5 Å². The molecular weight excluding hydrogens is 419 g/mol. The highest BCUT2D eigenvalue weighted by atomic mass is 19.1. The number of nitrogens with one attached hydrogen (secondary N) is 2. The molecule has 0 radical (unpaired) electrons. The number of hydrogen-bond donors (Lipinski definition) is 3. The largest absolute Gasteiger partial charge is 0.354 e. The molecule has 6 nitrogen and oxygen atoms in total. The van der Waals surface area contributed by atoms with Crippen molar-refractivity contribution in [2.75, 3.05) is 11.9 Å². The molecule has 4 rings (SSSR count). The van der Waals surface area contributed by atoms with Crippen molar-refractivity contribution >= 4 is 17.5 Å². The molecule has 2 amide bonds. The molecular formula is C26H33FN4O2. The summed E-state index contributed by atoms with van der Waals surface area (Å²) in [5.74, 6) is 0.176. The van der Waals surface area contributed by atoms with Crippen LogP contribution >= 0.6 is 0 Å². The number of carbonyl (C=O) groups excluding carboxylic acids is 2. The highest BCUT2D eigenvalue weighted by Gasteiger charge is 2.35. The molecule has 2 saturated carbocycles. The topological polar surface area (TPSA) is 97.1 Å². The average Bonchev–Trinajstić information content (AvgIpc) is 3.33. The number of carbonyl (C=O) groups is 2. The lowest BCUT2D eigenvalue weighted by atomic mass is 9.78. The summed E-state index contributed by atoms with van der Waals surface area (Å²) in [7, 11) is 0. The zero-order chi connectivity index (χ0) is 23.2. The van der Waals surface area contributed by atoms with E-state index < -0.39 is 0 Å². The highest BCUT2D eigenvalue weighted by molar-refractivity contribution is 5.92. The smallest absolute Gasteiger partial charge is 0.227 e. The zero-order valence-electron chi connectivity index (χ0n) is 18.9. The van der Waals surface area contributed by atoms with E-state index in [0.717, 1.165) is 56.2 Å². The van der Waals surface area contributed by atoms with Crippen LogP contribution in [0.2, 0.25) is 0 Å². The molecule has 0 spiro atoms. The quantitative estimate of drug-likeness (QED) is 0.592. The second-order valence-corrected chi connectivity index (χ2v) is 9.44. The number of nitrogens with two attached hydrogens (primary N) is 1. The number of halogens is 1. The molecule has 2 fully saturated rings. The van der Waals surface area contributed by atoms with E-state index in [1.807, 2.05) is 0 Å². The van der Waals surface area contributed by atoms with Gasteiger partial charge >= 0.3 is 0 Å². The molecule has 2 aliphatic carbocycles. The van der Waals surface area contributed by atoms with Gasteiger partial charge in [0.25, 0.3) is 0 Å². The Morgan fingerprint density at radius 3 is 2.36 bits per heavy atom. The Hall–Kier alpha value is -2.80. The van der Waals surface area contributed by atoms with Crippen LogP contribution in [0.5, 0.6) is 0 Å². The van der Waals surface area contributed by atoms with Crippen molar-refractivity contribution < 1.29 is 14.0 Å². The maximum absolute atomic E-state index is 13.3. The van der Waals surface area contributed by atoms with Crippen LogP contribution in [0.15, 0.2) is 48.8 Å². The second-order valence-electron chi connectivity index (χ2n) is 9.44. The first kappa shape index (κ1) is 23.4. The first-order chi connectivity index (χ1) is 16.0. The Morgan fingerprint density at radius 1 is 0.970 bits per heavy atom. The minimum Gasteiger partial charge on any atom is -0.354 e. The van der Waals surface area contributed by atoms with E-state index in [4.69, 9.17) is 5.73 Å². The average molecular weight is 453 g/mol. The molecule has 4 N–H and O–H groups in total. The molecule has 0 saturated heterocycles. The Kier molecular flexibility index (Phi) is 7.70. The van der Waals surface area contributed by atoms with Crippen LogP contribution < -0.4 is 16.4 Å². The summed E-state index contributed by atoms with van der Waals surface area (Å²) in [6.07, 6.45) is 9.48. The molecule has 7 heteroatoms. The van der Waals surface area contributed by atoms with Gasteiger partial charge in [0.05, 0.1) is 0 Å². The van der Waals surface area contributed by atoms with Gasteiger partial charge in [-0.1, -0.05) is 18.6 Å². The molecule has 176 valence electrons. The first-order valence-electron chi connectivity index (χ1n) is 12.0. The van der Waals surface area contributed by atoms with E-state index >= 15 is 0 Å². The van der Waals surface area contributed by atoms with Gasteiger partial charge in [-0.3, -0.25) is 14.6 Å². The maximum Gasteiger partial charge on any atom is 0.227 e. The van der Waals surface area contributed by atoms with Crippen molar-refractivity contribution in [2.24, 2.45) is 23.5 Å². The fourth-order valence-electron chi connectivity index (χ4n) is 5.39.